The molecule has 0 saturated heterocycles. The number of para-hydroxylation sites is 1. The highest BCUT2D eigenvalue weighted by atomic mass is 15.1. The Morgan fingerprint density at radius 1 is 1.05 bits per heavy atom. The maximum Gasteiger partial charge on any atom is 0.147 e. The molecule has 1 atom stereocenters. The van der Waals surface area contributed by atoms with E-state index in [9.17, 15) is 5.26 Å². The van der Waals surface area contributed by atoms with E-state index < -0.39 is 5.54 Å². The van der Waals surface area contributed by atoms with E-state index in [2.05, 4.69) is 6.07 Å². The van der Waals surface area contributed by atoms with E-state index in [4.69, 9.17) is 5.73 Å². The van der Waals surface area contributed by atoms with Crippen LogP contribution in [-0.2, 0) is 5.54 Å². The maximum atomic E-state index is 9.43. The maximum absolute atomic E-state index is 9.43. The lowest BCUT2D eigenvalue weighted by Gasteiger charge is -2.29. The van der Waals surface area contributed by atoms with Crippen molar-refractivity contribution in [1.29, 1.82) is 5.26 Å². The molecule has 96 valence electrons. The van der Waals surface area contributed by atoms with Gasteiger partial charge in [-0.1, -0.05) is 48.5 Å². The Hall–Kier alpha value is -2.31. The first kappa shape index (κ1) is 13.1. The zero-order chi connectivity index (χ0) is 13.7. The van der Waals surface area contributed by atoms with Crippen LogP contribution >= 0.6 is 0 Å². The lowest BCUT2D eigenvalue weighted by molar-refractivity contribution is 0.571. The molecule has 0 saturated carbocycles. The first-order valence-corrected chi connectivity index (χ1v) is 6.17. The Kier molecular flexibility index (Phi) is 3.84. The highest BCUT2D eigenvalue weighted by Crippen LogP contribution is 2.21. The summed E-state index contributed by atoms with van der Waals surface area (Å²) in [6, 6.07) is 21.6. The topological polar surface area (TPSA) is 53.0 Å². The molecule has 3 nitrogen and oxygen atoms in total. The monoisotopic (exact) mass is 251 g/mol. The number of anilines is 1. The molecule has 0 fully saturated rings. The van der Waals surface area contributed by atoms with Gasteiger partial charge in [-0.05, 0) is 17.7 Å². The normalized spacial score (nSPS) is 13.3. The minimum atomic E-state index is -1.01. The number of hydrogen-bond acceptors (Lipinski definition) is 3. The van der Waals surface area contributed by atoms with Crippen LogP contribution in [0.5, 0.6) is 0 Å². The molecule has 2 rings (SSSR count). The highest BCUT2D eigenvalue weighted by molar-refractivity contribution is 5.47. The molecular formula is C16H17N3. The van der Waals surface area contributed by atoms with Crippen molar-refractivity contribution in [2.24, 2.45) is 5.73 Å². The SMILES string of the molecule is CN(CC(N)(C#N)c1ccccc1)c1ccccc1. The molecular weight excluding hydrogens is 234 g/mol. The van der Waals surface area contributed by atoms with Crippen LogP contribution in [-0.4, -0.2) is 13.6 Å². The van der Waals surface area contributed by atoms with Gasteiger partial charge in [-0.2, -0.15) is 5.26 Å². The lowest BCUT2D eigenvalue weighted by atomic mass is 9.92. The van der Waals surface area contributed by atoms with Crippen LogP contribution in [0.2, 0.25) is 0 Å². The van der Waals surface area contributed by atoms with Crippen molar-refractivity contribution in [3.8, 4) is 6.07 Å². The summed E-state index contributed by atoms with van der Waals surface area (Å²) in [5.41, 5.74) is 7.12. The molecule has 0 heterocycles. The van der Waals surface area contributed by atoms with Crippen molar-refractivity contribution in [1.82, 2.24) is 0 Å². The summed E-state index contributed by atoms with van der Waals surface area (Å²) in [5.74, 6) is 0. The number of nitriles is 1. The van der Waals surface area contributed by atoms with Gasteiger partial charge in [0.2, 0.25) is 0 Å². The summed E-state index contributed by atoms with van der Waals surface area (Å²) in [6.45, 7) is 0.442. The van der Waals surface area contributed by atoms with Crippen molar-refractivity contribution >= 4 is 5.69 Å². The van der Waals surface area contributed by atoms with Crippen LogP contribution in [0.15, 0.2) is 60.7 Å². The first-order valence-electron chi connectivity index (χ1n) is 6.17. The van der Waals surface area contributed by atoms with Crippen LogP contribution in [0.3, 0.4) is 0 Å². The predicted molar refractivity (Wildman–Crippen MR) is 77.6 cm³/mol. The van der Waals surface area contributed by atoms with Crippen molar-refractivity contribution < 1.29 is 0 Å². The van der Waals surface area contributed by atoms with Gasteiger partial charge in [0.15, 0.2) is 0 Å². The lowest BCUT2D eigenvalue weighted by Crippen LogP contribution is -2.45. The summed E-state index contributed by atoms with van der Waals surface area (Å²) < 4.78 is 0. The summed E-state index contributed by atoms with van der Waals surface area (Å²) in [7, 11) is 1.94. The Bertz CT molecular complexity index is 560. The minimum absolute atomic E-state index is 0.442. The van der Waals surface area contributed by atoms with E-state index in [-0.39, 0.29) is 0 Å². The second kappa shape index (κ2) is 5.55. The van der Waals surface area contributed by atoms with E-state index in [1.165, 1.54) is 0 Å². The third kappa shape index (κ3) is 2.93. The molecule has 2 aromatic rings. The summed E-state index contributed by atoms with van der Waals surface area (Å²) in [5, 5.41) is 9.43. The quantitative estimate of drug-likeness (QED) is 0.908. The Labute approximate surface area is 113 Å². The second-order valence-corrected chi connectivity index (χ2v) is 4.64. The predicted octanol–water partition coefficient (Wildman–Crippen LogP) is 2.50. The molecule has 0 amide bonds. The van der Waals surface area contributed by atoms with Crippen LogP contribution < -0.4 is 10.6 Å². The van der Waals surface area contributed by atoms with E-state index >= 15 is 0 Å². The Morgan fingerprint density at radius 3 is 2.11 bits per heavy atom. The van der Waals surface area contributed by atoms with Gasteiger partial charge in [-0.3, -0.25) is 0 Å². The molecule has 2 aromatic carbocycles. The molecule has 0 aliphatic rings. The fraction of sp³-hybridized carbons (Fsp3) is 0.188. The number of nitrogens with zero attached hydrogens (tertiary/aromatic N) is 2. The van der Waals surface area contributed by atoms with E-state index in [1.54, 1.807) is 0 Å². The summed E-state index contributed by atoms with van der Waals surface area (Å²) in [6.07, 6.45) is 0. The fourth-order valence-electron chi connectivity index (χ4n) is 2.07. The Balaban J connectivity index is 2.23. The average molecular weight is 251 g/mol. The third-order valence-corrected chi connectivity index (χ3v) is 3.17. The zero-order valence-electron chi connectivity index (χ0n) is 11.0. The number of likely N-dealkylation sites (N-methyl/N-ethyl adjacent to an activating group) is 1. The van der Waals surface area contributed by atoms with E-state index in [1.807, 2.05) is 72.6 Å². The van der Waals surface area contributed by atoms with Gasteiger partial charge in [0.1, 0.15) is 5.54 Å². The van der Waals surface area contributed by atoms with Gasteiger partial charge < -0.3 is 10.6 Å². The van der Waals surface area contributed by atoms with Crippen molar-refractivity contribution in [3.63, 3.8) is 0 Å². The van der Waals surface area contributed by atoms with Crippen molar-refractivity contribution in [3.05, 3.63) is 66.2 Å². The zero-order valence-corrected chi connectivity index (χ0v) is 11.0. The van der Waals surface area contributed by atoms with E-state index in [0.29, 0.717) is 6.54 Å². The van der Waals surface area contributed by atoms with Crippen LogP contribution in [0, 0.1) is 11.3 Å². The van der Waals surface area contributed by atoms with Gasteiger partial charge in [-0.25, -0.2) is 0 Å². The van der Waals surface area contributed by atoms with Crippen molar-refractivity contribution in [2.75, 3.05) is 18.5 Å². The molecule has 19 heavy (non-hydrogen) atoms. The molecule has 3 heteroatoms. The molecule has 2 N–H and O–H groups in total. The smallest absolute Gasteiger partial charge is 0.147 e. The number of nitrogens with two attached hydrogens (primary N) is 1. The molecule has 0 radical (unpaired) electrons. The molecule has 0 aromatic heterocycles. The molecule has 0 bridgehead atoms. The number of rotatable bonds is 4. The standard InChI is InChI=1S/C16H17N3/c1-19(15-10-6-3-7-11-15)13-16(18,12-17)14-8-4-2-5-9-14/h2-11H,13,18H2,1H3. The van der Waals surface area contributed by atoms with Crippen molar-refractivity contribution in [2.45, 2.75) is 5.54 Å². The second-order valence-electron chi connectivity index (χ2n) is 4.64. The van der Waals surface area contributed by atoms with Crippen LogP contribution in [0.1, 0.15) is 5.56 Å². The van der Waals surface area contributed by atoms with E-state index in [0.717, 1.165) is 11.3 Å². The van der Waals surface area contributed by atoms with Gasteiger partial charge in [0.05, 0.1) is 12.6 Å². The molecule has 0 spiro atoms. The number of benzene rings is 2. The summed E-state index contributed by atoms with van der Waals surface area (Å²) in [4.78, 5) is 2.00. The van der Waals surface area contributed by atoms with Gasteiger partial charge >= 0.3 is 0 Å². The van der Waals surface area contributed by atoms with Crippen LogP contribution in [0.4, 0.5) is 5.69 Å². The number of hydrogen-bond donors (Lipinski definition) is 1. The third-order valence-electron chi connectivity index (χ3n) is 3.17. The highest BCUT2D eigenvalue weighted by Gasteiger charge is 2.28. The molecule has 1 unspecified atom stereocenters. The summed E-state index contributed by atoms with van der Waals surface area (Å²) >= 11 is 0. The largest absolute Gasteiger partial charge is 0.371 e. The molecule has 0 aliphatic heterocycles. The first-order chi connectivity index (χ1) is 9.15. The molecule has 0 aliphatic carbocycles. The van der Waals surface area contributed by atoms with Gasteiger partial charge in [-0.15, -0.1) is 0 Å². The minimum Gasteiger partial charge on any atom is -0.371 e. The van der Waals surface area contributed by atoms with Gasteiger partial charge in [0.25, 0.3) is 0 Å². The fourth-order valence-corrected chi connectivity index (χ4v) is 2.07. The Morgan fingerprint density at radius 2 is 1.58 bits per heavy atom. The average Bonchev–Trinajstić information content (AvgIpc) is 2.49. The van der Waals surface area contributed by atoms with Crippen LogP contribution in [0.25, 0.3) is 0 Å². The van der Waals surface area contributed by atoms with Gasteiger partial charge in [0, 0.05) is 12.7 Å².